The first-order chi connectivity index (χ1) is 11.5. The Bertz CT molecular complexity index is 848. The third-order valence-electron chi connectivity index (χ3n) is 3.19. The maximum atomic E-state index is 12.1. The molecular formula is C17H12Cl2N2OS2. The second kappa shape index (κ2) is 7.66. The molecule has 0 aliphatic carbocycles. The fraction of sp³-hybridized carbons (Fsp3) is 0.0588. The zero-order valence-corrected chi connectivity index (χ0v) is 15.7. The molecule has 0 unspecified atom stereocenters. The Kier molecular flexibility index (Phi) is 5.56. The van der Waals surface area contributed by atoms with E-state index in [1.165, 1.54) is 16.7 Å². The minimum atomic E-state index is -0.175. The maximum Gasteiger partial charge on any atom is 0.264 e. The van der Waals surface area contributed by atoms with Gasteiger partial charge < -0.3 is 5.32 Å². The van der Waals surface area contributed by atoms with E-state index in [2.05, 4.69) is 10.3 Å². The predicted octanol–water partition coefficient (Wildman–Crippen LogP) is 5.61. The van der Waals surface area contributed by atoms with Crippen LogP contribution in [-0.4, -0.2) is 17.3 Å². The van der Waals surface area contributed by atoms with E-state index in [0.29, 0.717) is 25.8 Å². The van der Waals surface area contributed by atoms with Gasteiger partial charge in [-0.1, -0.05) is 35.3 Å². The lowest BCUT2D eigenvalue weighted by atomic mass is 10.2. The van der Waals surface area contributed by atoms with Gasteiger partial charge in [0.1, 0.15) is 0 Å². The van der Waals surface area contributed by atoms with Crippen LogP contribution in [0.1, 0.15) is 5.56 Å². The normalized spacial score (nSPS) is 17.5. The topological polar surface area (TPSA) is 41.5 Å². The molecule has 1 heterocycles. The molecule has 0 saturated carbocycles. The second-order valence-corrected chi connectivity index (χ2v) is 7.60. The molecule has 0 atom stereocenters. The SMILES string of the molecule is CSc1ccc(/C=C2/SC(=Nc3cc(Cl)ccc3Cl)NC2=O)cc1. The smallest absolute Gasteiger partial charge is 0.264 e. The van der Waals surface area contributed by atoms with Gasteiger partial charge in [0, 0.05) is 9.92 Å². The lowest BCUT2D eigenvalue weighted by Crippen LogP contribution is -2.19. The Morgan fingerprint density at radius 1 is 1.17 bits per heavy atom. The quantitative estimate of drug-likeness (QED) is 0.543. The van der Waals surface area contributed by atoms with Gasteiger partial charge in [-0.3, -0.25) is 4.79 Å². The lowest BCUT2D eigenvalue weighted by Gasteiger charge is -2.00. The van der Waals surface area contributed by atoms with E-state index in [4.69, 9.17) is 23.2 Å². The molecule has 1 aliphatic rings. The first-order valence-electron chi connectivity index (χ1n) is 6.94. The van der Waals surface area contributed by atoms with Gasteiger partial charge in [-0.05, 0) is 60.0 Å². The molecule has 2 aromatic carbocycles. The van der Waals surface area contributed by atoms with Crippen LogP contribution in [0.3, 0.4) is 0 Å². The number of rotatable bonds is 3. The Hall–Kier alpha value is -1.40. The van der Waals surface area contributed by atoms with Crippen molar-refractivity contribution in [2.45, 2.75) is 4.90 Å². The van der Waals surface area contributed by atoms with Gasteiger partial charge in [-0.15, -0.1) is 11.8 Å². The molecule has 1 N–H and O–H groups in total. The number of benzene rings is 2. The Labute approximate surface area is 158 Å². The van der Waals surface area contributed by atoms with Crippen LogP contribution >= 0.6 is 46.7 Å². The monoisotopic (exact) mass is 394 g/mol. The minimum Gasteiger partial charge on any atom is -0.300 e. The highest BCUT2D eigenvalue weighted by Gasteiger charge is 2.24. The van der Waals surface area contributed by atoms with Crippen molar-refractivity contribution >= 4 is 69.6 Å². The average molecular weight is 395 g/mol. The number of nitrogens with one attached hydrogen (secondary N) is 1. The van der Waals surface area contributed by atoms with Gasteiger partial charge in [-0.2, -0.15) is 0 Å². The number of amides is 1. The van der Waals surface area contributed by atoms with Crippen molar-refractivity contribution < 1.29 is 4.79 Å². The fourth-order valence-electron chi connectivity index (χ4n) is 2.01. The van der Waals surface area contributed by atoms with E-state index in [0.717, 1.165) is 5.56 Å². The van der Waals surface area contributed by atoms with Crippen molar-refractivity contribution in [1.82, 2.24) is 5.32 Å². The predicted molar refractivity (Wildman–Crippen MR) is 105 cm³/mol. The van der Waals surface area contributed by atoms with Crippen LogP contribution in [-0.2, 0) is 4.79 Å². The number of hydrogen-bond donors (Lipinski definition) is 1. The number of hydrogen-bond acceptors (Lipinski definition) is 4. The largest absolute Gasteiger partial charge is 0.300 e. The van der Waals surface area contributed by atoms with Crippen molar-refractivity contribution in [2.24, 2.45) is 4.99 Å². The van der Waals surface area contributed by atoms with Gasteiger partial charge in [-0.25, -0.2) is 4.99 Å². The van der Waals surface area contributed by atoms with Crippen molar-refractivity contribution in [3.8, 4) is 0 Å². The number of nitrogens with zero attached hydrogens (tertiary/aromatic N) is 1. The molecule has 1 fully saturated rings. The van der Waals surface area contributed by atoms with Crippen LogP contribution in [0.15, 0.2) is 57.3 Å². The second-order valence-electron chi connectivity index (χ2n) is 4.85. The number of aliphatic imine (C=N–C) groups is 1. The third kappa shape index (κ3) is 4.16. The van der Waals surface area contributed by atoms with E-state index >= 15 is 0 Å². The summed E-state index contributed by atoms with van der Waals surface area (Å²) in [7, 11) is 0. The molecule has 2 aromatic rings. The van der Waals surface area contributed by atoms with Gasteiger partial charge in [0.05, 0.1) is 15.6 Å². The average Bonchev–Trinajstić information content (AvgIpc) is 2.91. The summed E-state index contributed by atoms with van der Waals surface area (Å²) in [6, 6.07) is 13.0. The van der Waals surface area contributed by atoms with Gasteiger partial charge in [0.2, 0.25) is 0 Å². The maximum absolute atomic E-state index is 12.1. The standard InChI is InChI=1S/C17H12Cl2N2OS2/c1-23-12-5-2-10(3-6-12)8-15-16(22)21-17(24-15)20-14-9-11(18)4-7-13(14)19/h2-9H,1H3,(H,20,21,22)/b15-8+. The van der Waals surface area contributed by atoms with Crippen molar-refractivity contribution in [3.63, 3.8) is 0 Å². The van der Waals surface area contributed by atoms with Crippen molar-refractivity contribution in [3.05, 3.63) is 63.0 Å². The molecule has 122 valence electrons. The number of carbonyl (C=O) groups excluding carboxylic acids is 1. The van der Waals surface area contributed by atoms with Crippen LogP contribution in [0.4, 0.5) is 5.69 Å². The van der Waals surface area contributed by atoms with Crippen LogP contribution in [0.2, 0.25) is 10.0 Å². The molecular weight excluding hydrogens is 383 g/mol. The number of thioether (sulfide) groups is 2. The molecule has 24 heavy (non-hydrogen) atoms. The summed E-state index contributed by atoms with van der Waals surface area (Å²) in [5.74, 6) is -0.175. The highest BCUT2D eigenvalue weighted by molar-refractivity contribution is 8.18. The molecule has 1 saturated heterocycles. The van der Waals surface area contributed by atoms with E-state index in [1.54, 1.807) is 30.0 Å². The number of halogens is 2. The van der Waals surface area contributed by atoms with E-state index < -0.39 is 0 Å². The summed E-state index contributed by atoms with van der Waals surface area (Å²) >= 11 is 15.0. The summed E-state index contributed by atoms with van der Waals surface area (Å²) in [6.45, 7) is 0. The third-order valence-corrected chi connectivity index (χ3v) is 5.40. The van der Waals surface area contributed by atoms with Crippen LogP contribution in [0.5, 0.6) is 0 Å². The summed E-state index contributed by atoms with van der Waals surface area (Å²) in [5.41, 5.74) is 1.49. The zero-order valence-electron chi connectivity index (χ0n) is 12.5. The summed E-state index contributed by atoms with van der Waals surface area (Å²) in [5, 5.41) is 4.24. The molecule has 3 nitrogen and oxygen atoms in total. The summed E-state index contributed by atoms with van der Waals surface area (Å²) in [4.78, 5) is 18.3. The van der Waals surface area contributed by atoms with Gasteiger partial charge in [0.15, 0.2) is 5.17 Å². The zero-order chi connectivity index (χ0) is 17.1. The van der Waals surface area contributed by atoms with Crippen molar-refractivity contribution in [2.75, 3.05) is 6.26 Å². The molecule has 0 aromatic heterocycles. The molecule has 1 aliphatic heterocycles. The van der Waals surface area contributed by atoms with E-state index in [9.17, 15) is 4.79 Å². The highest BCUT2D eigenvalue weighted by Crippen LogP contribution is 2.32. The lowest BCUT2D eigenvalue weighted by molar-refractivity contribution is -0.115. The summed E-state index contributed by atoms with van der Waals surface area (Å²) in [6.07, 6.45) is 3.86. The molecule has 0 spiro atoms. The summed E-state index contributed by atoms with van der Waals surface area (Å²) < 4.78 is 0. The fourth-order valence-corrected chi connectivity index (χ4v) is 3.58. The molecule has 0 radical (unpaired) electrons. The van der Waals surface area contributed by atoms with Crippen LogP contribution in [0, 0.1) is 0 Å². The van der Waals surface area contributed by atoms with Gasteiger partial charge >= 0.3 is 0 Å². The van der Waals surface area contributed by atoms with Crippen LogP contribution in [0.25, 0.3) is 6.08 Å². The number of amidine groups is 1. The van der Waals surface area contributed by atoms with Crippen molar-refractivity contribution in [1.29, 1.82) is 0 Å². The number of carbonyl (C=O) groups is 1. The Morgan fingerprint density at radius 2 is 1.92 bits per heavy atom. The van der Waals surface area contributed by atoms with E-state index in [-0.39, 0.29) is 5.91 Å². The molecule has 7 heteroatoms. The molecule has 1 amide bonds. The van der Waals surface area contributed by atoms with E-state index in [1.807, 2.05) is 36.6 Å². The van der Waals surface area contributed by atoms with Crippen LogP contribution < -0.4 is 5.32 Å². The first kappa shape index (κ1) is 17.4. The highest BCUT2D eigenvalue weighted by atomic mass is 35.5. The molecule has 0 bridgehead atoms. The van der Waals surface area contributed by atoms with Gasteiger partial charge in [0.25, 0.3) is 5.91 Å². The molecule has 3 rings (SSSR count). The first-order valence-corrected chi connectivity index (χ1v) is 9.73. The Balaban J connectivity index is 1.83. The Morgan fingerprint density at radius 3 is 2.62 bits per heavy atom. The minimum absolute atomic E-state index is 0.175.